The molecule has 0 heterocycles. The summed E-state index contributed by atoms with van der Waals surface area (Å²) in [5.41, 5.74) is 4.87. The van der Waals surface area contributed by atoms with Crippen molar-refractivity contribution >= 4 is 11.6 Å². The summed E-state index contributed by atoms with van der Waals surface area (Å²) < 4.78 is 10.3. The molecule has 0 bridgehead atoms. The Bertz CT molecular complexity index is 785. The summed E-state index contributed by atoms with van der Waals surface area (Å²) >= 11 is 0. The number of hydrogen-bond acceptors (Lipinski definition) is 5. The predicted molar refractivity (Wildman–Crippen MR) is 92.1 cm³/mol. The minimum atomic E-state index is -0.321. The zero-order valence-corrected chi connectivity index (χ0v) is 14.1. The van der Waals surface area contributed by atoms with E-state index < -0.39 is 0 Å². The molecule has 0 aliphatic heterocycles. The van der Waals surface area contributed by atoms with Gasteiger partial charge in [0, 0.05) is 11.1 Å². The Kier molecular flexibility index (Phi) is 5.42. The standard InChI is InChI=1S/C18H20N2O4/c1-11-6-5-7-13(10-11)18(22)20-19-12(2)14-8-9-15(23-3)17(24-4)16(14)21/h5-10,21H,1-4H3,(H,20,22)/b19-12+. The minimum absolute atomic E-state index is 0.0945. The van der Waals surface area contributed by atoms with Crippen LogP contribution in [0.4, 0.5) is 0 Å². The number of phenols is 1. The van der Waals surface area contributed by atoms with Crippen molar-refractivity contribution in [1.29, 1.82) is 0 Å². The van der Waals surface area contributed by atoms with Gasteiger partial charge in [0.25, 0.3) is 5.91 Å². The van der Waals surface area contributed by atoms with E-state index in [1.165, 1.54) is 14.2 Å². The molecule has 6 heteroatoms. The van der Waals surface area contributed by atoms with Crippen LogP contribution in [-0.4, -0.2) is 30.9 Å². The maximum absolute atomic E-state index is 12.1. The van der Waals surface area contributed by atoms with E-state index in [1.807, 2.05) is 13.0 Å². The number of phenolic OH excluding ortho intramolecular Hbond substituents is 1. The van der Waals surface area contributed by atoms with Crippen LogP contribution in [0.1, 0.15) is 28.4 Å². The number of aryl methyl sites for hydroxylation is 1. The Morgan fingerprint density at radius 1 is 1.17 bits per heavy atom. The Morgan fingerprint density at radius 3 is 2.54 bits per heavy atom. The van der Waals surface area contributed by atoms with E-state index in [0.717, 1.165) is 5.56 Å². The molecular weight excluding hydrogens is 308 g/mol. The molecule has 0 spiro atoms. The van der Waals surface area contributed by atoms with Gasteiger partial charge in [-0.15, -0.1) is 0 Å². The highest BCUT2D eigenvalue weighted by Gasteiger charge is 2.16. The first-order chi connectivity index (χ1) is 11.5. The average Bonchev–Trinajstić information content (AvgIpc) is 2.58. The maximum atomic E-state index is 12.1. The normalized spacial score (nSPS) is 11.1. The van der Waals surface area contributed by atoms with E-state index in [0.29, 0.717) is 22.6 Å². The second-order valence-electron chi connectivity index (χ2n) is 5.20. The van der Waals surface area contributed by atoms with Crippen LogP contribution in [0.2, 0.25) is 0 Å². The van der Waals surface area contributed by atoms with E-state index in [4.69, 9.17) is 9.47 Å². The molecule has 0 aliphatic rings. The largest absolute Gasteiger partial charge is 0.504 e. The van der Waals surface area contributed by atoms with Gasteiger partial charge in [-0.05, 0) is 38.1 Å². The van der Waals surface area contributed by atoms with E-state index in [-0.39, 0.29) is 17.4 Å². The molecule has 2 N–H and O–H groups in total. The third kappa shape index (κ3) is 3.65. The Hall–Kier alpha value is -3.02. The molecule has 0 radical (unpaired) electrons. The van der Waals surface area contributed by atoms with Crippen molar-refractivity contribution in [2.75, 3.05) is 14.2 Å². The fourth-order valence-corrected chi connectivity index (χ4v) is 2.25. The second-order valence-corrected chi connectivity index (χ2v) is 5.20. The van der Waals surface area contributed by atoms with Crippen LogP contribution in [-0.2, 0) is 0 Å². The van der Waals surface area contributed by atoms with E-state index in [2.05, 4.69) is 10.5 Å². The van der Waals surface area contributed by atoms with Crippen LogP contribution in [0.3, 0.4) is 0 Å². The van der Waals surface area contributed by atoms with Crippen LogP contribution < -0.4 is 14.9 Å². The number of hydrogen-bond donors (Lipinski definition) is 2. The predicted octanol–water partition coefficient (Wildman–Crippen LogP) is 2.87. The number of rotatable bonds is 5. The van der Waals surface area contributed by atoms with Crippen molar-refractivity contribution in [1.82, 2.24) is 5.43 Å². The van der Waals surface area contributed by atoms with Crippen molar-refractivity contribution in [3.63, 3.8) is 0 Å². The van der Waals surface area contributed by atoms with Gasteiger partial charge in [-0.1, -0.05) is 17.7 Å². The number of nitrogens with one attached hydrogen (secondary N) is 1. The lowest BCUT2D eigenvalue weighted by Crippen LogP contribution is -2.19. The van der Waals surface area contributed by atoms with E-state index >= 15 is 0 Å². The number of amides is 1. The highest BCUT2D eigenvalue weighted by Crippen LogP contribution is 2.38. The number of ether oxygens (including phenoxy) is 2. The number of benzene rings is 2. The molecule has 0 unspecified atom stereocenters. The molecule has 24 heavy (non-hydrogen) atoms. The Balaban J connectivity index is 2.24. The lowest BCUT2D eigenvalue weighted by molar-refractivity contribution is 0.0954. The molecule has 0 atom stereocenters. The van der Waals surface area contributed by atoms with Gasteiger partial charge in [-0.3, -0.25) is 4.79 Å². The van der Waals surface area contributed by atoms with Crippen molar-refractivity contribution in [3.05, 3.63) is 53.1 Å². The number of nitrogens with zero attached hydrogens (tertiary/aromatic N) is 1. The van der Waals surface area contributed by atoms with Crippen LogP contribution >= 0.6 is 0 Å². The summed E-state index contributed by atoms with van der Waals surface area (Å²) in [5.74, 6) is 0.214. The third-order valence-corrected chi connectivity index (χ3v) is 3.51. The minimum Gasteiger partial charge on any atom is -0.504 e. The summed E-state index contributed by atoms with van der Waals surface area (Å²) in [5, 5.41) is 14.3. The van der Waals surface area contributed by atoms with Crippen LogP contribution in [0.15, 0.2) is 41.5 Å². The molecule has 1 amide bonds. The molecule has 0 saturated heterocycles. The Morgan fingerprint density at radius 2 is 1.92 bits per heavy atom. The summed E-state index contributed by atoms with van der Waals surface area (Å²) in [6.07, 6.45) is 0. The molecule has 2 aromatic carbocycles. The number of aromatic hydroxyl groups is 1. The van der Waals surface area contributed by atoms with Gasteiger partial charge in [0.05, 0.1) is 19.9 Å². The van der Waals surface area contributed by atoms with Crippen LogP contribution in [0.25, 0.3) is 0 Å². The number of carbonyl (C=O) groups is 1. The zero-order valence-electron chi connectivity index (χ0n) is 14.1. The van der Waals surface area contributed by atoms with Crippen molar-refractivity contribution in [2.24, 2.45) is 5.10 Å². The van der Waals surface area contributed by atoms with Gasteiger partial charge in [0.2, 0.25) is 5.75 Å². The lowest BCUT2D eigenvalue weighted by Gasteiger charge is -2.12. The first kappa shape index (κ1) is 17.3. The van der Waals surface area contributed by atoms with Crippen LogP contribution in [0, 0.1) is 6.92 Å². The third-order valence-electron chi connectivity index (χ3n) is 3.51. The van der Waals surface area contributed by atoms with E-state index in [9.17, 15) is 9.90 Å². The summed E-state index contributed by atoms with van der Waals surface area (Å²) in [7, 11) is 2.92. The average molecular weight is 328 g/mol. The maximum Gasteiger partial charge on any atom is 0.271 e. The summed E-state index contributed by atoms with van der Waals surface area (Å²) in [6, 6.07) is 10.5. The molecular formula is C18H20N2O4. The molecule has 2 rings (SSSR count). The van der Waals surface area contributed by atoms with Gasteiger partial charge in [0.15, 0.2) is 11.5 Å². The number of hydrazone groups is 1. The first-order valence-electron chi connectivity index (χ1n) is 7.33. The topological polar surface area (TPSA) is 80.2 Å². The monoisotopic (exact) mass is 328 g/mol. The van der Waals surface area contributed by atoms with Gasteiger partial charge in [0.1, 0.15) is 0 Å². The van der Waals surface area contributed by atoms with Gasteiger partial charge in [-0.2, -0.15) is 5.10 Å². The van der Waals surface area contributed by atoms with E-state index in [1.54, 1.807) is 37.3 Å². The van der Waals surface area contributed by atoms with Crippen LogP contribution in [0.5, 0.6) is 17.2 Å². The molecule has 0 fully saturated rings. The second kappa shape index (κ2) is 7.50. The molecule has 2 aromatic rings. The van der Waals surface area contributed by atoms with Crippen molar-refractivity contribution < 1.29 is 19.4 Å². The van der Waals surface area contributed by atoms with Crippen molar-refractivity contribution in [3.8, 4) is 17.2 Å². The fraction of sp³-hybridized carbons (Fsp3) is 0.222. The van der Waals surface area contributed by atoms with Gasteiger partial charge in [-0.25, -0.2) is 5.43 Å². The number of carbonyl (C=O) groups excluding carboxylic acids is 1. The molecule has 0 saturated carbocycles. The number of methoxy groups -OCH3 is 2. The van der Waals surface area contributed by atoms with Crippen molar-refractivity contribution in [2.45, 2.75) is 13.8 Å². The van der Waals surface area contributed by atoms with Gasteiger partial charge >= 0.3 is 0 Å². The highest BCUT2D eigenvalue weighted by molar-refractivity contribution is 6.03. The molecule has 0 aromatic heterocycles. The SMILES string of the molecule is COc1ccc(/C(C)=N/NC(=O)c2cccc(C)c2)c(O)c1OC. The molecule has 0 aliphatic carbocycles. The highest BCUT2D eigenvalue weighted by atomic mass is 16.5. The first-order valence-corrected chi connectivity index (χ1v) is 7.33. The Labute approximate surface area is 140 Å². The zero-order chi connectivity index (χ0) is 17.7. The smallest absolute Gasteiger partial charge is 0.271 e. The molecule has 126 valence electrons. The fourth-order valence-electron chi connectivity index (χ4n) is 2.25. The summed E-state index contributed by atoms with van der Waals surface area (Å²) in [4.78, 5) is 12.1. The summed E-state index contributed by atoms with van der Waals surface area (Å²) in [6.45, 7) is 3.59. The molecule has 6 nitrogen and oxygen atoms in total. The van der Waals surface area contributed by atoms with Gasteiger partial charge < -0.3 is 14.6 Å². The quantitative estimate of drug-likeness (QED) is 0.653. The lowest BCUT2D eigenvalue weighted by atomic mass is 10.1.